The predicted molar refractivity (Wildman–Crippen MR) is 78.6 cm³/mol. The number of hydrogen-bond donors (Lipinski definition) is 2. The van der Waals surface area contributed by atoms with Crippen LogP contribution in [0.25, 0.3) is 0 Å². The third-order valence-electron chi connectivity index (χ3n) is 3.26. The van der Waals surface area contributed by atoms with Crippen LogP contribution in [0.15, 0.2) is 30.3 Å². The van der Waals surface area contributed by atoms with E-state index >= 15 is 0 Å². The molecule has 0 saturated carbocycles. The molecule has 2 aromatic rings. The molecule has 108 valence electrons. The molecule has 1 unspecified atom stereocenters. The maximum Gasteiger partial charge on any atom is 0.129 e. The van der Waals surface area contributed by atoms with Gasteiger partial charge in [-0.05, 0) is 43.5 Å². The molecule has 0 bridgehead atoms. The van der Waals surface area contributed by atoms with Gasteiger partial charge in [-0.2, -0.15) is 0 Å². The third-order valence-corrected chi connectivity index (χ3v) is 4.51. The van der Waals surface area contributed by atoms with E-state index in [0.717, 1.165) is 6.42 Å². The summed E-state index contributed by atoms with van der Waals surface area (Å²) in [4.78, 5) is 2.47. The van der Waals surface area contributed by atoms with E-state index in [0.29, 0.717) is 6.42 Å². The standard InChI is InChI=1S/C15H18F2N2S/c1-2-11-6-7-12(20-11)8-10(19-18)9-13-14(16)4-3-5-15(13)17/h3-7,10,19H,2,8-9,18H2,1H3. The van der Waals surface area contributed by atoms with Crippen LogP contribution in [-0.2, 0) is 19.3 Å². The molecule has 0 fully saturated rings. The van der Waals surface area contributed by atoms with Crippen molar-refractivity contribution >= 4 is 11.3 Å². The van der Waals surface area contributed by atoms with Crippen molar-refractivity contribution in [2.75, 3.05) is 0 Å². The molecule has 20 heavy (non-hydrogen) atoms. The van der Waals surface area contributed by atoms with Crippen LogP contribution in [0, 0.1) is 11.6 Å². The SMILES string of the molecule is CCc1ccc(CC(Cc2c(F)cccc2F)NN)s1. The zero-order valence-electron chi connectivity index (χ0n) is 11.3. The highest BCUT2D eigenvalue weighted by molar-refractivity contribution is 7.11. The molecule has 0 spiro atoms. The molecular formula is C15H18F2N2S. The maximum absolute atomic E-state index is 13.6. The van der Waals surface area contributed by atoms with E-state index in [-0.39, 0.29) is 18.0 Å². The summed E-state index contributed by atoms with van der Waals surface area (Å²) in [5.41, 5.74) is 2.74. The van der Waals surface area contributed by atoms with E-state index in [2.05, 4.69) is 18.4 Å². The van der Waals surface area contributed by atoms with E-state index in [1.165, 1.54) is 28.0 Å². The second-order valence-electron chi connectivity index (χ2n) is 4.69. The Hall–Kier alpha value is -1.30. The number of thiophene rings is 1. The Bertz CT molecular complexity index is 549. The van der Waals surface area contributed by atoms with E-state index in [4.69, 9.17) is 5.84 Å². The Kier molecular flexibility index (Phi) is 5.23. The van der Waals surface area contributed by atoms with Crippen LogP contribution < -0.4 is 11.3 Å². The smallest absolute Gasteiger partial charge is 0.129 e. The predicted octanol–water partition coefficient (Wildman–Crippen LogP) is 3.21. The zero-order chi connectivity index (χ0) is 14.5. The van der Waals surface area contributed by atoms with Gasteiger partial charge in [0.05, 0.1) is 0 Å². The largest absolute Gasteiger partial charge is 0.271 e. The first-order valence-electron chi connectivity index (χ1n) is 6.60. The second kappa shape index (κ2) is 6.92. The molecule has 3 N–H and O–H groups in total. The third kappa shape index (κ3) is 3.62. The van der Waals surface area contributed by atoms with Crippen molar-refractivity contribution in [3.63, 3.8) is 0 Å². The van der Waals surface area contributed by atoms with Gasteiger partial charge in [-0.15, -0.1) is 11.3 Å². The van der Waals surface area contributed by atoms with Gasteiger partial charge in [0.1, 0.15) is 11.6 Å². The van der Waals surface area contributed by atoms with Crippen molar-refractivity contribution in [3.8, 4) is 0 Å². The quantitative estimate of drug-likeness (QED) is 0.634. The van der Waals surface area contributed by atoms with Crippen LogP contribution in [-0.4, -0.2) is 6.04 Å². The second-order valence-corrected chi connectivity index (χ2v) is 5.95. The van der Waals surface area contributed by atoms with Crippen molar-refractivity contribution in [1.82, 2.24) is 5.43 Å². The average Bonchev–Trinajstić information content (AvgIpc) is 2.89. The van der Waals surface area contributed by atoms with Crippen LogP contribution in [0.1, 0.15) is 22.2 Å². The molecule has 0 aliphatic heterocycles. The van der Waals surface area contributed by atoms with Gasteiger partial charge < -0.3 is 0 Å². The van der Waals surface area contributed by atoms with Crippen LogP contribution in [0.2, 0.25) is 0 Å². The van der Waals surface area contributed by atoms with Crippen molar-refractivity contribution < 1.29 is 8.78 Å². The lowest BCUT2D eigenvalue weighted by Gasteiger charge is -2.16. The fraction of sp³-hybridized carbons (Fsp3) is 0.333. The van der Waals surface area contributed by atoms with Crippen molar-refractivity contribution in [2.45, 2.75) is 32.2 Å². The molecule has 0 aliphatic rings. The van der Waals surface area contributed by atoms with E-state index in [1.807, 2.05) is 6.07 Å². The van der Waals surface area contributed by atoms with Crippen LogP contribution in [0.4, 0.5) is 8.78 Å². The summed E-state index contributed by atoms with van der Waals surface area (Å²) in [6.07, 6.45) is 1.89. The van der Waals surface area contributed by atoms with Crippen LogP contribution in [0.5, 0.6) is 0 Å². The summed E-state index contributed by atoms with van der Waals surface area (Å²) in [6, 6.07) is 7.84. The number of nitrogens with one attached hydrogen (secondary N) is 1. The highest BCUT2D eigenvalue weighted by atomic mass is 32.1. The monoisotopic (exact) mass is 296 g/mol. The van der Waals surface area contributed by atoms with E-state index in [1.54, 1.807) is 11.3 Å². The van der Waals surface area contributed by atoms with Gasteiger partial charge in [0.25, 0.3) is 0 Å². The number of halogens is 2. The molecule has 1 atom stereocenters. The highest BCUT2D eigenvalue weighted by Crippen LogP contribution is 2.21. The lowest BCUT2D eigenvalue weighted by Crippen LogP contribution is -2.38. The molecule has 2 nitrogen and oxygen atoms in total. The molecule has 1 aromatic heterocycles. The molecule has 0 aliphatic carbocycles. The lowest BCUT2D eigenvalue weighted by molar-refractivity contribution is 0.486. The molecule has 2 rings (SSSR count). The summed E-state index contributed by atoms with van der Waals surface area (Å²) in [7, 11) is 0. The number of nitrogens with two attached hydrogens (primary N) is 1. The van der Waals surface area contributed by atoms with Gasteiger partial charge in [-0.1, -0.05) is 13.0 Å². The Balaban J connectivity index is 2.09. The lowest BCUT2D eigenvalue weighted by atomic mass is 10.0. The van der Waals surface area contributed by atoms with Gasteiger partial charge in [-0.25, -0.2) is 8.78 Å². The molecule has 0 saturated heterocycles. The van der Waals surface area contributed by atoms with Gasteiger partial charge in [0.15, 0.2) is 0 Å². The molecule has 1 heterocycles. The first-order valence-corrected chi connectivity index (χ1v) is 7.42. The number of rotatable bonds is 6. The zero-order valence-corrected chi connectivity index (χ0v) is 12.1. The number of hydrogen-bond acceptors (Lipinski definition) is 3. The van der Waals surface area contributed by atoms with E-state index in [9.17, 15) is 8.78 Å². The fourth-order valence-electron chi connectivity index (χ4n) is 2.13. The number of aryl methyl sites for hydroxylation is 1. The summed E-state index contributed by atoms with van der Waals surface area (Å²) < 4.78 is 27.3. The van der Waals surface area contributed by atoms with Gasteiger partial charge in [0.2, 0.25) is 0 Å². The first kappa shape index (κ1) is 15.1. The minimum Gasteiger partial charge on any atom is -0.271 e. The topological polar surface area (TPSA) is 38.0 Å². The minimum absolute atomic E-state index is 0.0859. The van der Waals surface area contributed by atoms with Crippen molar-refractivity contribution in [3.05, 3.63) is 57.3 Å². The normalized spacial score (nSPS) is 12.6. The molecule has 5 heteroatoms. The van der Waals surface area contributed by atoms with Crippen LogP contribution in [0.3, 0.4) is 0 Å². The number of benzene rings is 1. The molecule has 1 aromatic carbocycles. The Morgan fingerprint density at radius 2 is 1.75 bits per heavy atom. The number of hydrazine groups is 1. The van der Waals surface area contributed by atoms with Crippen molar-refractivity contribution in [1.29, 1.82) is 0 Å². The first-order chi connectivity index (χ1) is 9.63. The Labute approximate surface area is 121 Å². The summed E-state index contributed by atoms with van der Waals surface area (Å²) in [5.74, 6) is 4.47. The van der Waals surface area contributed by atoms with Crippen molar-refractivity contribution in [2.24, 2.45) is 5.84 Å². The maximum atomic E-state index is 13.6. The van der Waals surface area contributed by atoms with Crippen LogP contribution >= 0.6 is 11.3 Å². The highest BCUT2D eigenvalue weighted by Gasteiger charge is 2.16. The summed E-state index contributed by atoms with van der Waals surface area (Å²) >= 11 is 1.71. The Morgan fingerprint density at radius 1 is 1.10 bits per heavy atom. The summed E-state index contributed by atoms with van der Waals surface area (Å²) in [5, 5.41) is 0. The molecule has 0 amide bonds. The van der Waals surface area contributed by atoms with E-state index < -0.39 is 11.6 Å². The molecular weight excluding hydrogens is 278 g/mol. The molecule has 0 radical (unpaired) electrons. The van der Waals surface area contributed by atoms with Gasteiger partial charge in [-0.3, -0.25) is 11.3 Å². The Morgan fingerprint density at radius 3 is 2.30 bits per heavy atom. The summed E-state index contributed by atoms with van der Waals surface area (Å²) in [6.45, 7) is 2.10. The average molecular weight is 296 g/mol. The fourth-order valence-corrected chi connectivity index (χ4v) is 3.17. The van der Waals surface area contributed by atoms with Gasteiger partial charge in [0, 0.05) is 21.4 Å². The minimum atomic E-state index is -0.523. The van der Waals surface area contributed by atoms with Gasteiger partial charge >= 0.3 is 0 Å².